The van der Waals surface area contributed by atoms with E-state index < -0.39 is 0 Å². The van der Waals surface area contributed by atoms with Gasteiger partial charge in [-0.1, -0.05) is 30.3 Å². The van der Waals surface area contributed by atoms with Crippen LogP contribution in [-0.4, -0.2) is 45.9 Å². The van der Waals surface area contributed by atoms with Gasteiger partial charge in [0.15, 0.2) is 17.3 Å². The van der Waals surface area contributed by atoms with Gasteiger partial charge in [0.1, 0.15) is 0 Å². The number of hydrogen-bond acceptors (Lipinski definition) is 6. The first-order valence-electron chi connectivity index (χ1n) is 10.1. The van der Waals surface area contributed by atoms with Crippen molar-refractivity contribution < 1.29 is 9.47 Å². The third-order valence-electron chi connectivity index (χ3n) is 6.20. The second-order valence-corrected chi connectivity index (χ2v) is 7.67. The van der Waals surface area contributed by atoms with Crippen molar-refractivity contribution in [3.8, 4) is 11.5 Å². The van der Waals surface area contributed by atoms with E-state index in [2.05, 4.69) is 62.9 Å². The van der Waals surface area contributed by atoms with Crippen LogP contribution in [0, 0.1) is 0 Å². The van der Waals surface area contributed by atoms with Gasteiger partial charge in [-0.2, -0.15) is 0 Å². The van der Waals surface area contributed by atoms with E-state index in [1.165, 1.54) is 16.7 Å². The Morgan fingerprint density at radius 3 is 2.66 bits per heavy atom. The Bertz CT molecular complexity index is 1000. The summed E-state index contributed by atoms with van der Waals surface area (Å²) in [6, 6.07) is 15.3. The number of aromatic nitrogens is 4. The van der Waals surface area contributed by atoms with Crippen molar-refractivity contribution in [3.05, 3.63) is 65.0 Å². The minimum Gasteiger partial charge on any atom is -0.493 e. The van der Waals surface area contributed by atoms with Crippen molar-refractivity contribution in [2.24, 2.45) is 0 Å². The molecule has 2 atom stereocenters. The first-order chi connectivity index (χ1) is 14.3. The van der Waals surface area contributed by atoms with Crippen LogP contribution in [0.15, 0.2) is 42.5 Å². The number of rotatable bonds is 5. The zero-order valence-electron chi connectivity index (χ0n) is 16.8. The van der Waals surface area contributed by atoms with Crippen molar-refractivity contribution in [1.29, 1.82) is 0 Å². The lowest BCUT2D eigenvalue weighted by Gasteiger charge is -2.45. The molecular weight excluding hydrogens is 366 g/mol. The quantitative estimate of drug-likeness (QED) is 0.666. The minimum absolute atomic E-state index is 0.199. The van der Waals surface area contributed by atoms with E-state index in [1.54, 1.807) is 14.2 Å². The number of hydrogen-bond donors (Lipinski definition) is 0. The van der Waals surface area contributed by atoms with Gasteiger partial charge >= 0.3 is 0 Å². The van der Waals surface area contributed by atoms with Gasteiger partial charge in [-0.15, -0.1) is 5.10 Å². The molecule has 0 saturated heterocycles. The first kappa shape index (κ1) is 18.1. The number of benzene rings is 2. The van der Waals surface area contributed by atoms with Crippen LogP contribution >= 0.6 is 0 Å². The average molecular weight is 391 g/mol. The molecule has 0 radical (unpaired) electrons. The Kier molecular flexibility index (Phi) is 4.67. The van der Waals surface area contributed by atoms with Crippen LogP contribution in [0.25, 0.3) is 0 Å². The largest absolute Gasteiger partial charge is 0.493 e. The first-order valence-corrected chi connectivity index (χ1v) is 10.1. The van der Waals surface area contributed by atoms with Gasteiger partial charge in [-0.05, 0) is 58.5 Å². The molecule has 29 heavy (non-hydrogen) atoms. The molecule has 0 aliphatic carbocycles. The highest BCUT2D eigenvalue weighted by atomic mass is 16.5. The highest BCUT2D eigenvalue weighted by Gasteiger charge is 2.40. The number of tetrazole rings is 1. The number of aryl methyl sites for hydroxylation is 1. The molecule has 7 nitrogen and oxygen atoms in total. The maximum Gasteiger partial charge on any atom is 0.168 e. The molecule has 7 heteroatoms. The van der Waals surface area contributed by atoms with Gasteiger partial charge in [-0.3, -0.25) is 4.90 Å². The van der Waals surface area contributed by atoms with Crippen LogP contribution < -0.4 is 9.47 Å². The van der Waals surface area contributed by atoms with E-state index in [0.29, 0.717) is 0 Å². The fourth-order valence-electron chi connectivity index (χ4n) is 4.76. The fourth-order valence-corrected chi connectivity index (χ4v) is 4.76. The Morgan fingerprint density at radius 2 is 1.86 bits per heavy atom. The Labute approximate surface area is 170 Å². The lowest BCUT2D eigenvalue weighted by Crippen LogP contribution is -2.45. The normalized spacial score (nSPS) is 20.5. The molecule has 0 N–H and O–H groups in total. The zero-order valence-corrected chi connectivity index (χ0v) is 16.8. The SMILES string of the molecule is COc1cc2c(cc1OC)C1Cn3nnnc3C(CCc3ccccc3)N1CC2. The highest BCUT2D eigenvalue weighted by molar-refractivity contribution is 5.49. The van der Waals surface area contributed by atoms with E-state index in [1.807, 2.05) is 4.68 Å². The van der Waals surface area contributed by atoms with Gasteiger partial charge in [-0.25, -0.2) is 4.68 Å². The van der Waals surface area contributed by atoms with Gasteiger partial charge in [0.2, 0.25) is 0 Å². The summed E-state index contributed by atoms with van der Waals surface area (Å²) in [4.78, 5) is 2.57. The molecule has 2 unspecified atom stereocenters. The number of ether oxygens (including phenoxy) is 2. The molecule has 150 valence electrons. The standard InChI is InChI=1S/C22H25N5O2/c1-28-20-12-16-10-11-26-18(9-8-15-6-4-3-5-7-15)22-23-24-25-27(22)14-19(26)17(16)13-21(20)29-2/h3-7,12-13,18-19H,8-11,14H2,1-2H3. The van der Waals surface area contributed by atoms with Gasteiger partial charge in [0, 0.05) is 6.54 Å². The van der Waals surface area contributed by atoms with Gasteiger partial charge < -0.3 is 9.47 Å². The molecular formula is C22H25N5O2. The average Bonchev–Trinajstić information content (AvgIpc) is 3.24. The smallest absolute Gasteiger partial charge is 0.168 e. The molecule has 3 aromatic rings. The molecule has 2 aliphatic heterocycles. The second kappa shape index (κ2) is 7.48. The van der Waals surface area contributed by atoms with Crippen LogP contribution in [0.2, 0.25) is 0 Å². The number of nitrogens with zero attached hydrogens (tertiary/aromatic N) is 5. The van der Waals surface area contributed by atoms with E-state index >= 15 is 0 Å². The molecule has 2 aliphatic rings. The lowest BCUT2D eigenvalue weighted by atomic mass is 9.88. The molecule has 2 aromatic carbocycles. The van der Waals surface area contributed by atoms with Crippen molar-refractivity contribution in [2.75, 3.05) is 20.8 Å². The maximum absolute atomic E-state index is 5.58. The lowest BCUT2D eigenvalue weighted by molar-refractivity contribution is 0.0653. The van der Waals surface area contributed by atoms with Crippen molar-refractivity contribution >= 4 is 0 Å². The topological polar surface area (TPSA) is 65.3 Å². The molecule has 0 bridgehead atoms. The summed E-state index contributed by atoms with van der Waals surface area (Å²) >= 11 is 0. The predicted molar refractivity (Wildman–Crippen MR) is 108 cm³/mol. The summed E-state index contributed by atoms with van der Waals surface area (Å²) in [5.41, 5.74) is 3.96. The van der Waals surface area contributed by atoms with Crippen LogP contribution in [0.3, 0.4) is 0 Å². The van der Waals surface area contributed by atoms with Crippen LogP contribution in [0.4, 0.5) is 0 Å². The summed E-state index contributed by atoms with van der Waals surface area (Å²) < 4.78 is 13.1. The van der Waals surface area contributed by atoms with E-state index in [0.717, 1.165) is 49.7 Å². The van der Waals surface area contributed by atoms with Crippen molar-refractivity contribution in [1.82, 2.24) is 25.1 Å². The van der Waals surface area contributed by atoms with Crippen LogP contribution in [-0.2, 0) is 19.4 Å². The highest BCUT2D eigenvalue weighted by Crippen LogP contribution is 2.44. The second-order valence-electron chi connectivity index (χ2n) is 7.67. The molecule has 3 heterocycles. The number of fused-ring (bicyclic) bond motifs is 4. The van der Waals surface area contributed by atoms with Crippen LogP contribution in [0.5, 0.6) is 11.5 Å². The summed E-state index contributed by atoms with van der Waals surface area (Å²) in [5.74, 6) is 2.54. The minimum atomic E-state index is 0.199. The van der Waals surface area contributed by atoms with Gasteiger partial charge in [0.25, 0.3) is 0 Å². The predicted octanol–water partition coefficient (Wildman–Crippen LogP) is 2.98. The Morgan fingerprint density at radius 1 is 1.07 bits per heavy atom. The molecule has 0 saturated carbocycles. The fraction of sp³-hybridized carbons (Fsp3) is 0.409. The molecule has 1 aromatic heterocycles. The summed E-state index contributed by atoms with van der Waals surface area (Å²) in [6.45, 7) is 1.74. The zero-order chi connectivity index (χ0) is 19.8. The van der Waals surface area contributed by atoms with E-state index in [9.17, 15) is 0 Å². The summed E-state index contributed by atoms with van der Waals surface area (Å²) in [7, 11) is 3.38. The molecule has 5 rings (SSSR count). The molecule has 0 amide bonds. The number of methoxy groups -OCH3 is 2. The van der Waals surface area contributed by atoms with E-state index in [4.69, 9.17) is 9.47 Å². The third kappa shape index (κ3) is 3.15. The van der Waals surface area contributed by atoms with Crippen molar-refractivity contribution in [3.63, 3.8) is 0 Å². The third-order valence-corrected chi connectivity index (χ3v) is 6.20. The van der Waals surface area contributed by atoms with E-state index in [-0.39, 0.29) is 12.1 Å². The summed E-state index contributed by atoms with van der Waals surface area (Å²) in [5, 5.41) is 12.6. The van der Waals surface area contributed by atoms with Gasteiger partial charge in [0.05, 0.1) is 32.8 Å². The molecule has 0 fully saturated rings. The molecule has 0 spiro atoms. The Hall–Kier alpha value is -2.93. The summed E-state index contributed by atoms with van der Waals surface area (Å²) in [6.07, 6.45) is 2.97. The van der Waals surface area contributed by atoms with Crippen LogP contribution in [0.1, 0.15) is 41.0 Å². The van der Waals surface area contributed by atoms with Crippen molar-refractivity contribution in [2.45, 2.75) is 37.9 Å². The maximum atomic E-state index is 5.58. The monoisotopic (exact) mass is 391 g/mol. The Balaban J connectivity index is 1.49.